The van der Waals surface area contributed by atoms with Crippen LogP contribution in [0.25, 0.3) is 10.9 Å². The van der Waals surface area contributed by atoms with Crippen molar-refractivity contribution in [3.05, 3.63) is 70.3 Å². The number of hydrogen-bond donors (Lipinski definition) is 2. The van der Waals surface area contributed by atoms with E-state index < -0.39 is 0 Å². The first kappa shape index (κ1) is 16.7. The fourth-order valence-corrected chi connectivity index (χ4v) is 2.48. The summed E-state index contributed by atoms with van der Waals surface area (Å²) in [6, 6.07) is 14.7. The minimum Gasteiger partial charge on any atom is -0.484 e. The van der Waals surface area contributed by atoms with Crippen LogP contribution >= 0.6 is 0 Å². The Hall–Kier alpha value is -3.15. The lowest BCUT2D eigenvalue weighted by Crippen LogP contribution is -2.31. The molecule has 0 atom stereocenters. The van der Waals surface area contributed by atoms with Gasteiger partial charge in [-0.1, -0.05) is 24.3 Å². The van der Waals surface area contributed by atoms with Crippen molar-refractivity contribution >= 4 is 16.8 Å². The Labute approximate surface area is 144 Å². The second-order valence-electron chi connectivity index (χ2n) is 5.73. The van der Waals surface area contributed by atoms with Gasteiger partial charge in [-0.25, -0.2) is 4.98 Å². The van der Waals surface area contributed by atoms with Crippen LogP contribution in [0.5, 0.6) is 5.75 Å². The predicted molar refractivity (Wildman–Crippen MR) is 95.8 cm³/mol. The van der Waals surface area contributed by atoms with Crippen LogP contribution in [0.1, 0.15) is 11.4 Å². The molecule has 1 amide bonds. The molecule has 0 spiro atoms. The summed E-state index contributed by atoms with van der Waals surface area (Å²) >= 11 is 0. The Kier molecular flexibility index (Phi) is 5.09. The number of H-pyrrole nitrogens is 1. The lowest BCUT2D eigenvalue weighted by atomic mass is 10.2. The summed E-state index contributed by atoms with van der Waals surface area (Å²) in [6.07, 6.45) is 0.441. The van der Waals surface area contributed by atoms with Gasteiger partial charge in [0.15, 0.2) is 6.61 Å². The predicted octanol–water partition coefficient (Wildman–Crippen LogP) is 1.97. The van der Waals surface area contributed by atoms with Gasteiger partial charge >= 0.3 is 0 Å². The minimum atomic E-state index is -0.218. The normalized spacial score (nSPS) is 10.6. The van der Waals surface area contributed by atoms with Gasteiger partial charge in [0.2, 0.25) is 0 Å². The summed E-state index contributed by atoms with van der Waals surface area (Å²) in [6.45, 7) is 2.28. The number of aromatic nitrogens is 2. The van der Waals surface area contributed by atoms with Gasteiger partial charge in [-0.15, -0.1) is 0 Å². The molecule has 0 aliphatic rings. The molecule has 0 saturated carbocycles. The van der Waals surface area contributed by atoms with Crippen LogP contribution in [0.3, 0.4) is 0 Å². The quantitative estimate of drug-likeness (QED) is 0.720. The van der Waals surface area contributed by atoms with Gasteiger partial charge < -0.3 is 15.0 Å². The molecular weight excluding hydrogens is 318 g/mol. The number of fused-ring (bicyclic) bond motifs is 1. The first-order valence-electron chi connectivity index (χ1n) is 8.06. The van der Waals surface area contributed by atoms with Crippen LogP contribution in [0.2, 0.25) is 0 Å². The van der Waals surface area contributed by atoms with Crippen molar-refractivity contribution in [2.75, 3.05) is 13.2 Å². The molecule has 3 aromatic rings. The van der Waals surface area contributed by atoms with Gasteiger partial charge in [-0.2, -0.15) is 0 Å². The van der Waals surface area contributed by atoms with Crippen LogP contribution in [-0.2, 0) is 11.2 Å². The summed E-state index contributed by atoms with van der Waals surface area (Å²) in [5.41, 5.74) is 1.55. The zero-order valence-electron chi connectivity index (χ0n) is 13.9. The highest BCUT2D eigenvalue weighted by Gasteiger charge is 2.05. The van der Waals surface area contributed by atoms with Gasteiger partial charge in [-0.05, 0) is 36.8 Å². The maximum atomic E-state index is 12.0. The highest BCUT2D eigenvalue weighted by atomic mass is 16.5. The fourth-order valence-electron chi connectivity index (χ4n) is 2.48. The third-order valence-corrected chi connectivity index (χ3v) is 3.71. The van der Waals surface area contributed by atoms with Gasteiger partial charge in [0, 0.05) is 13.0 Å². The molecular formula is C19H19N3O3. The first-order valence-corrected chi connectivity index (χ1v) is 8.06. The Morgan fingerprint density at radius 2 is 2.04 bits per heavy atom. The number of para-hydroxylation sites is 1. The average molecular weight is 337 g/mol. The van der Waals surface area contributed by atoms with E-state index in [-0.39, 0.29) is 18.1 Å². The number of carbonyl (C=O) groups is 1. The number of carbonyl (C=O) groups excluding carboxylic acids is 1. The molecule has 0 unspecified atom stereocenters. The van der Waals surface area contributed by atoms with E-state index in [0.29, 0.717) is 35.4 Å². The van der Waals surface area contributed by atoms with Gasteiger partial charge in [0.25, 0.3) is 11.5 Å². The molecule has 2 N–H and O–H groups in total. The zero-order valence-corrected chi connectivity index (χ0v) is 13.9. The molecule has 25 heavy (non-hydrogen) atoms. The maximum Gasteiger partial charge on any atom is 0.258 e. The molecule has 1 aromatic heterocycles. The molecule has 0 aliphatic heterocycles. The zero-order chi connectivity index (χ0) is 17.6. The van der Waals surface area contributed by atoms with Gasteiger partial charge in [0.1, 0.15) is 11.6 Å². The Morgan fingerprint density at radius 1 is 1.20 bits per heavy atom. The molecule has 0 radical (unpaired) electrons. The van der Waals surface area contributed by atoms with Crippen LogP contribution in [-0.4, -0.2) is 29.0 Å². The molecule has 0 saturated heterocycles. The number of hydrogen-bond acceptors (Lipinski definition) is 4. The number of aryl methyl sites for hydroxylation is 1. The molecule has 6 heteroatoms. The Balaban J connectivity index is 1.51. The van der Waals surface area contributed by atoms with Crippen molar-refractivity contribution in [2.24, 2.45) is 0 Å². The lowest BCUT2D eigenvalue weighted by Gasteiger charge is -2.08. The minimum absolute atomic E-state index is 0.0505. The van der Waals surface area contributed by atoms with Gasteiger partial charge in [-0.3, -0.25) is 9.59 Å². The number of aromatic amines is 1. The SMILES string of the molecule is Cc1cccc(OCC(=O)NCCc2nc3ccccc3c(=O)[nH]2)c1. The maximum absolute atomic E-state index is 12.0. The summed E-state index contributed by atoms with van der Waals surface area (Å²) in [5.74, 6) is 0.990. The number of rotatable bonds is 6. The number of ether oxygens (including phenoxy) is 1. The molecule has 6 nitrogen and oxygen atoms in total. The Bertz CT molecular complexity index is 950. The van der Waals surface area contributed by atoms with E-state index in [0.717, 1.165) is 5.56 Å². The third-order valence-electron chi connectivity index (χ3n) is 3.71. The van der Waals surface area contributed by atoms with Crippen molar-refractivity contribution in [2.45, 2.75) is 13.3 Å². The highest BCUT2D eigenvalue weighted by Crippen LogP contribution is 2.11. The third kappa shape index (κ3) is 4.44. The lowest BCUT2D eigenvalue weighted by molar-refractivity contribution is -0.123. The van der Waals surface area contributed by atoms with Crippen LogP contribution in [0.4, 0.5) is 0 Å². The van der Waals surface area contributed by atoms with Crippen LogP contribution < -0.4 is 15.6 Å². The monoisotopic (exact) mass is 337 g/mol. The number of nitrogens with zero attached hydrogens (tertiary/aromatic N) is 1. The molecule has 0 aliphatic carbocycles. The molecule has 3 rings (SSSR count). The second kappa shape index (κ2) is 7.61. The smallest absolute Gasteiger partial charge is 0.258 e. The summed E-state index contributed by atoms with van der Waals surface area (Å²) in [4.78, 5) is 31.0. The van der Waals surface area contributed by atoms with Gasteiger partial charge in [0.05, 0.1) is 10.9 Å². The number of nitrogens with one attached hydrogen (secondary N) is 2. The van der Waals surface area contributed by atoms with Crippen molar-refractivity contribution < 1.29 is 9.53 Å². The molecule has 0 fully saturated rings. The van der Waals surface area contributed by atoms with E-state index in [4.69, 9.17) is 4.74 Å². The van der Waals surface area contributed by atoms with Crippen molar-refractivity contribution in [3.63, 3.8) is 0 Å². The van der Waals surface area contributed by atoms with E-state index in [1.54, 1.807) is 18.2 Å². The Morgan fingerprint density at radius 3 is 2.88 bits per heavy atom. The van der Waals surface area contributed by atoms with E-state index in [2.05, 4.69) is 15.3 Å². The van der Waals surface area contributed by atoms with E-state index in [9.17, 15) is 9.59 Å². The second-order valence-corrected chi connectivity index (χ2v) is 5.73. The molecule has 2 aromatic carbocycles. The number of benzene rings is 2. The van der Waals surface area contributed by atoms with Crippen molar-refractivity contribution in [1.29, 1.82) is 0 Å². The van der Waals surface area contributed by atoms with Crippen LogP contribution in [0.15, 0.2) is 53.3 Å². The van der Waals surface area contributed by atoms with E-state index >= 15 is 0 Å². The standard InChI is InChI=1S/C19H19N3O3/c1-13-5-4-6-14(11-13)25-12-18(23)20-10-9-17-21-16-8-3-2-7-15(16)19(24)22-17/h2-8,11H,9-10,12H2,1H3,(H,20,23)(H,21,22,24). The fraction of sp³-hybridized carbons (Fsp3) is 0.211. The summed E-state index contributed by atoms with van der Waals surface area (Å²) in [5, 5.41) is 3.31. The van der Waals surface area contributed by atoms with Crippen molar-refractivity contribution in [3.8, 4) is 5.75 Å². The first-order chi connectivity index (χ1) is 12.1. The molecule has 0 bridgehead atoms. The topological polar surface area (TPSA) is 84.1 Å². The van der Waals surface area contributed by atoms with E-state index in [1.807, 2.05) is 37.3 Å². The number of amides is 1. The highest BCUT2D eigenvalue weighted by molar-refractivity contribution is 5.78. The van der Waals surface area contributed by atoms with Crippen LogP contribution in [0, 0.1) is 6.92 Å². The van der Waals surface area contributed by atoms with Crippen molar-refractivity contribution in [1.82, 2.24) is 15.3 Å². The molecule has 1 heterocycles. The van der Waals surface area contributed by atoms with E-state index in [1.165, 1.54) is 0 Å². The summed E-state index contributed by atoms with van der Waals surface area (Å²) < 4.78 is 5.44. The summed E-state index contributed by atoms with van der Waals surface area (Å²) in [7, 11) is 0. The average Bonchev–Trinajstić information content (AvgIpc) is 2.60. The molecule has 128 valence electrons. The largest absolute Gasteiger partial charge is 0.484 e.